The van der Waals surface area contributed by atoms with Crippen molar-refractivity contribution < 1.29 is 4.79 Å². The Hall–Kier alpha value is -2.68. The van der Waals surface area contributed by atoms with Gasteiger partial charge in [-0.15, -0.1) is 0 Å². The number of ketones is 1. The van der Waals surface area contributed by atoms with Crippen LogP contribution in [0.25, 0.3) is 17.0 Å². The number of carbonyl (C=O) groups excluding carboxylic acids is 1. The Morgan fingerprint density at radius 1 is 1.19 bits per heavy atom. The van der Waals surface area contributed by atoms with Crippen molar-refractivity contribution >= 4 is 22.8 Å². The van der Waals surface area contributed by atoms with Crippen molar-refractivity contribution in [3.05, 3.63) is 72.2 Å². The lowest BCUT2D eigenvalue weighted by Crippen LogP contribution is -1.93. The predicted octanol–water partition coefficient (Wildman–Crippen LogP) is 3.95. The number of allylic oxidation sites excluding steroid dienone is 1. The van der Waals surface area contributed by atoms with Crippen LogP contribution in [-0.4, -0.2) is 15.3 Å². The Kier molecular flexibility index (Phi) is 3.65. The summed E-state index contributed by atoms with van der Waals surface area (Å²) in [6.45, 7) is 2.93. The molecular formula is C18H16N2O. The maximum atomic E-state index is 12.4. The SMILES string of the molecule is CCn1cc(C(=O)C=Cc2ccncc2)c2ccccc21. The van der Waals surface area contributed by atoms with Crippen molar-refractivity contribution in [3.8, 4) is 0 Å². The van der Waals surface area contributed by atoms with Crippen molar-refractivity contribution in [2.75, 3.05) is 0 Å². The molecule has 104 valence electrons. The smallest absolute Gasteiger partial charge is 0.188 e. The zero-order valence-electron chi connectivity index (χ0n) is 11.9. The summed E-state index contributed by atoms with van der Waals surface area (Å²) in [5.74, 6) is 0.0233. The Balaban J connectivity index is 1.97. The summed E-state index contributed by atoms with van der Waals surface area (Å²) in [6, 6.07) is 11.7. The van der Waals surface area contributed by atoms with Gasteiger partial charge in [-0.05, 0) is 36.8 Å². The van der Waals surface area contributed by atoms with Gasteiger partial charge in [0.1, 0.15) is 0 Å². The van der Waals surface area contributed by atoms with Crippen molar-refractivity contribution in [2.45, 2.75) is 13.5 Å². The van der Waals surface area contributed by atoms with Crippen molar-refractivity contribution in [2.24, 2.45) is 0 Å². The van der Waals surface area contributed by atoms with Gasteiger partial charge < -0.3 is 4.57 Å². The lowest BCUT2D eigenvalue weighted by Gasteiger charge is -1.97. The molecule has 0 N–H and O–H groups in total. The topological polar surface area (TPSA) is 34.9 Å². The molecule has 1 aromatic carbocycles. The van der Waals surface area contributed by atoms with E-state index in [2.05, 4.69) is 16.5 Å². The highest BCUT2D eigenvalue weighted by Crippen LogP contribution is 2.22. The van der Waals surface area contributed by atoms with Gasteiger partial charge in [0.2, 0.25) is 0 Å². The summed E-state index contributed by atoms with van der Waals surface area (Å²) in [7, 11) is 0. The Morgan fingerprint density at radius 2 is 1.95 bits per heavy atom. The lowest BCUT2D eigenvalue weighted by atomic mass is 10.1. The fourth-order valence-corrected chi connectivity index (χ4v) is 2.44. The maximum Gasteiger partial charge on any atom is 0.188 e. The Labute approximate surface area is 123 Å². The van der Waals surface area contributed by atoms with Gasteiger partial charge in [-0.3, -0.25) is 9.78 Å². The van der Waals surface area contributed by atoms with Crippen LogP contribution < -0.4 is 0 Å². The molecule has 0 aliphatic heterocycles. The molecule has 21 heavy (non-hydrogen) atoms. The molecule has 0 radical (unpaired) electrons. The van der Waals surface area contributed by atoms with Gasteiger partial charge >= 0.3 is 0 Å². The molecule has 0 amide bonds. The second-order valence-electron chi connectivity index (χ2n) is 4.82. The largest absolute Gasteiger partial charge is 0.347 e. The molecule has 0 fully saturated rings. The van der Waals surface area contributed by atoms with Crippen LogP contribution in [0.15, 0.2) is 61.1 Å². The first kappa shape index (κ1) is 13.3. The number of aryl methyl sites for hydroxylation is 1. The number of hydrogen-bond donors (Lipinski definition) is 0. The molecule has 0 saturated carbocycles. The van der Waals surface area contributed by atoms with E-state index in [-0.39, 0.29) is 5.78 Å². The van der Waals surface area contributed by atoms with Crippen LogP contribution in [0.3, 0.4) is 0 Å². The highest BCUT2D eigenvalue weighted by Gasteiger charge is 2.11. The van der Waals surface area contributed by atoms with E-state index in [9.17, 15) is 4.79 Å². The summed E-state index contributed by atoms with van der Waals surface area (Å²) < 4.78 is 2.10. The Bertz CT molecular complexity index is 800. The Morgan fingerprint density at radius 3 is 2.71 bits per heavy atom. The van der Waals surface area contributed by atoms with E-state index in [0.717, 1.165) is 28.6 Å². The number of rotatable bonds is 4. The molecule has 3 rings (SSSR count). The molecule has 0 aliphatic carbocycles. The van der Waals surface area contributed by atoms with E-state index < -0.39 is 0 Å². The van der Waals surface area contributed by atoms with Crippen LogP contribution in [0.2, 0.25) is 0 Å². The van der Waals surface area contributed by atoms with Crippen LogP contribution in [0.4, 0.5) is 0 Å². The molecule has 2 aromatic heterocycles. The third kappa shape index (κ3) is 2.63. The van der Waals surface area contributed by atoms with E-state index in [4.69, 9.17) is 0 Å². The van der Waals surface area contributed by atoms with E-state index >= 15 is 0 Å². The third-order valence-electron chi connectivity index (χ3n) is 3.53. The minimum Gasteiger partial charge on any atom is -0.347 e. The fourth-order valence-electron chi connectivity index (χ4n) is 2.44. The molecular weight excluding hydrogens is 260 g/mol. The average molecular weight is 276 g/mol. The standard InChI is InChI=1S/C18H16N2O/c1-2-20-13-16(15-5-3-4-6-17(15)20)18(21)8-7-14-9-11-19-12-10-14/h3-13H,2H2,1H3. The van der Waals surface area contributed by atoms with Gasteiger partial charge in [-0.2, -0.15) is 0 Å². The second-order valence-corrected chi connectivity index (χ2v) is 4.82. The number of fused-ring (bicyclic) bond motifs is 1. The first-order chi connectivity index (χ1) is 10.3. The normalized spacial score (nSPS) is 11.3. The molecule has 3 nitrogen and oxygen atoms in total. The van der Waals surface area contributed by atoms with Gasteiger partial charge in [-0.25, -0.2) is 0 Å². The van der Waals surface area contributed by atoms with Gasteiger partial charge in [0.05, 0.1) is 0 Å². The average Bonchev–Trinajstić information content (AvgIpc) is 2.92. The van der Waals surface area contributed by atoms with E-state index in [1.54, 1.807) is 18.5 Å². The first-order valence-corrected chi connectivity index (χ1v) is 7.00. The molecule has 0 aliphatic rings. The zero-order chi connectivity index (χ0) is 14.7. The molecule has 3 heteroatoms. The van der Waals surface area contributed by atoms with E-state index in [0.29, 0.717) is 0 Å². The number of aromatic nitrogens is 2. The molecule has 0 spiro atoms. The number of nitrogens with zero attached hydrogens (tertiary/aromatic N) is 2. The van der Waals surface area contributed by atoms with Crippen LogP contribution in [0.5, 0.6) is 0 Å². The summed E-state index contributed by atoms with van der Waals surface area (Å²) in [5.41, 5.74) is 2.82. The highest BCUT2D eigenvalue weighted by molar-refractivity contribution is 6.14. The van der Waals surface area contributed by atoms with Crippen molar-refractivity contribution in [1.82, 2.24) is 9.55 Å². The zero-order valence-corrected chi connectivity index (χ0v) is 11.9. The summed E-state index contributed by atoms with van der Waals surface area (Å²) >= 11 is 0. The minimum absolute atomic E-state index is 0.0233. The highest BCUT2D eigenvalue weighted by atomic mass is 16.1. The second kappa shape index (κ2) is 5.75. The maximum absolute atomic E-state index is 12.4. The van der Waals surface area contributed by atoms with Crippen molar-refractivity contribution in [1.29, 1.82) is 0 Å². The van der Waals surface area contributed by atoms with Gasteiger partial charge in [0, 0.05) is 41.6 Å². The number of benzene rings is 1. The molecule has 3 aromatic rings. The van der Waals surface area contributed by atoms with Crippen LogP contribution in [-0.2, 0) is 6.54 Å². The van der Waals surface area contributed by atoms with Crippen molar-refractivity contribution in [3.63, 3.8) is 0 Å². The minimum atomic E-state index is 0.0233. The van der Waals surface area contributed by atoms with Gasteiger partial charge in [0.15, 0.2) is 5.78 Å². The van der Waals surface area contributed by atoms with E-state index in [1.807, 2.05) is 48.7 Å². The lowest BCUT2D eigenvalue weighted by molar-refractivity contribution is 0.104. The molecule has 0 unspecified atom stereocenters. The summed E-state index contributed by atoms with van der Waals surface area (Å²) in [6.07, 6.45) is 8.81. The fraction of sp³-hybridized carbons (Fsp3) is 0.111. The number of carbonyl (C=O) groups is 1. The number of hydrogen-bond acceptors (Lipinski definition) is 2. The molecule has 0 saturated heterocycles. The van der Waals surface area contributed by atoms with Crippen LogP contribution in [0, 0.1) is 0 Å². The van der Waals surface area contributed by atoms with Gasteiger partial charge in [-0.1, -0.05) is 24.3 Å². The first-order valence-electron chi connectivity index (χ1n) is 7.00. The molecule has 2 heterocycles. The monoisotopic (exact) mass is 276 g/mol. The molecule has 0 atom stereocenters. The van der Waals surface area contributed by atoms with Crippen LogP contribution in [0.1, 0.15) is 22.8 Å². The predicted molar refractivity (Wildman–Crippen MR) is 85.2 cm³/mol. The van der Waals surface area contributed by atoms with Crippen LogP contribution >= 0.6 is 0 Å². The third-order valence-corrected chi connectivity index (χ3v) is 3.53. The van der Waals surface area contributed by atoms with E-state index in [1.165, 1.54) is 0 Å². The quantitative estimate of drug-likeness (QED) is 0.534. The number of pyridine rings is 1. The summed E-state index contributed by atoms with van der Waals surface area (Å²) in [5, 5.41) is 1.00. The number of para-hydroxylation sites is 1. The van der Waals surface area contributed by atoms with Gasteiger partial charge in [0.25, 0.3) is 0 Å². The summed E-state index contributed by atoms with van der Waals surface area (Å²) in [4.78, 5) is 16.4. The molecule has 0 bridgehead atoms.